The average molecular weight is 246 g/mol. The van der Waals surface area contributed by atoms with Gasteiger partial charge in [-0.15, -0.1) is 0 Å². The van der Waals surface area contributed by atoms with Gasteiger partial charge in [0.1, 0.15) is 0 Å². The fourth-order valence-electron chi connectivity index (χ4n) is 1.45. The molecule has 1 aromatic carbocycles. The first-order valence-electron chi connectivity index (χ1n) is 5.60. The highest BCUT2D eigenvalue weighted by Gasteiger charge is 2.11. The van der Waals surface area contributed by atoms with Gasteiger partial charge in [0.2, 0.25) is 0 Å². The number of para-hydroxylation sites is 1. The second-order valence-corrected chi connectivity index (χ2v) is 3.92. The lowest BCUT2D eigenvalue weighted by Crippen LogP contribution is -2.19. The van der Waals surface area contributed by atoms with Crippen LogP contribution in [-0.2, 0) is 16.1 Å². The maximum Gasteiger partial charge on any atom is 0.332 e. The summed E-state index contributed by atoms with van der Waals surface area (Å²) >= 11 is 0. The number of ether oxygens (including phenoxy) is 1. The maximum absolute atomic E-state index is 10.6. The number of carbonyl (C=O) groups is 1. The number of hydrogen-bond acceptors (Lipinski definition) is 3. The van der Waals surface area contributed by atoms with Crippen molar-refractivity contribution in [2.45, 2.75) is 19.6 Å². The van der Waals surface area contributed by atoms with E-state index in [4.69, 9.17) is 9.84 Å². The summed E-state index contributed by atoms with van der Waals surface area (Å²) < 4.78 is 6.91. The lowest BCUT2D eigenvalue weighted by molar-refractivity contribution is -0.149. The topological polar surface area (TPSA) is 64.4 Å². The highest BCUT2D eigenvalue weighted by molar-refractivity contribution is 5.71. The Labute approximate surface area is 105 Å². The quantitative estimate of drug-likeness (QED) is 0.874. The van der Waals surface area contributed by atoms with E-state index in [0.29, 0.717) is 0 Å². The van der Waals surface area contributed by atoms with Crippen molar-refractivity contribution in [1.82, 2.24) is 9.78 Å². The van der Waals surface area contributed by atoms with E-state index >= 15 is 0 Å². The van der Waals surface area contributed by atoms with Crippen LogP contribution in [0.4, 0.5) is 0 Å². The Kier molecular flexibility index (Phi) is 3.74. The van der Waals surface area contributed by atoms with E-state index in [0.717, 1.165) is 11.3 Å². The van der Waals surface area contributed by atoms with Gasteiger partial charge < -0.3 is 9.84 Å². The first-order valence-corrected chi connectivity index (χ1v) is 5.60. The molecule has 1 atom stereocenters. The van der Waals surface area contributed by atoms with Crippen LogP contribution in [0.5, 0.6) is 0 Å². The molecule has 0 fully saturated rings. The number of hydrogen-bond donors (Lipinski definition) is 1. The van der Waals surface area contributed by atoms with Crippen molar-refractivity contribution in [3.8, 4) is 5.69 Å². The molecule has 18 heavy (non-hydrogen) atoms. The highest BCUT2D eigenvalue weighted by atomic mass is 16.5. The molecule has 0 aliphatic heterocycles. The molecular weight excluding hydrogens is 232 g/mol. The third-order valence-electron chi connectivity index (χ3n) is 2.50. The fourth-order valence-corrected chi connectivity index (χ4v) is 1.45. The van der Waals surface area contributed by atoms with Gasteiger partial charge in [0.05, 0.1) is 18.5 Å². The second kappa shape index (κ2) is 5.46. The van der Waals surface area contributed by atoms with Crippen LogP contribution in [-0.4, -0.2) is 27.0 Å². The van der Waals surface area contributed by atoms with E-state index in [1.54, 1.807) is 10.9 Å². The van der Waals surface area contributed by atoms with Gasteiger partial charge in [-0.25, -0.2) is 9.48 Å². The molecular formula is C13H14N2O3. The number of rotatable bonds is 5. The molecule has 1 aromatic heterocycles. The molecule has 2 rings (SSSR count). The number of benzene rings is 1. The molecule has 1 heterocycles. The van der Waals surface area contributed by atoms with Crippen molar-refractivity contribution in [3.63, 3.8) is 0 Å². The zero-order valence-corrected chi connectivity index (χ0v) is 9.98. The molecule has 0 bridgehead atoms. The first kappa shape index (κ1) is 12.3. The Hall–Kier alpha value is -2.14. The van der Waals surface area contributed by atoms with Gasteiger partial charge in [0.25, 0.3) is 0 Å². The summed E-state index contributed by atoms with van der Waals surface area (Å²) in [4.78, 5) is 10.6. The smallest absolute Gasteiger partial charge is 0.332 e. The molecule has 5 nitrogen and oxygen atoms in total. The predicted molar refractivity (Wildman–Crippen MR) is 65.5 cm³/mol. The molecule has 0 unspecified atom stereocenters. The van der Waals surface area contributed by atoms with Crippen LogP contribution in [0.15, 0.2) is 42.7 Å². The van der Waals surface area contributed by atoms with E-state index in [1.807, 2.05) is 36.5 Å². The molecule has 0 spiro atoms. The van der Waals surface area contributed by atoms with Crippen molar-refractivity contribution in [3.05, 3.63) is 48.3 Å². The van der Waals surface area contributed by atoms with Crippen LogP contribution in [0.25, 0.3) is 5.69 Å². The molecule has 1 N–H and O–H groups in total. The normalized spacial score (nSPS) is 12.3. The summed E-state index contributed by atoms with van der Waals surface area (Å²) in [7, 11) is 0. The molecule has 2 aromatic rings. The number of carboxylic acids is 1. The zero-order valence-electron chi connectivity index (χ0n) is 9.98. The van der Waals surface area contributed by atoms with E-state index < -0.39 is 12.1 Å². The van der Waals surface area contributed by atoms with E-state index in [1.165, 1.54) is 6.92 Å². The van der Waals surface area contributed by atoms with Gasteiger partial charge >= 0.3 is 5.97 Å². The van der Waals surface area contributed by atoms with Gasteiger partial charge in [-0.2, -0.15) is 5.10 Å². The third kappa shape index (κ3) is 2.95. The van der Waals surface area contributed by atoms with Crippen molar-refractivity contribution in [1.29, 1.82) is 0 Å². The summed E-state index contributed by atoms with van der Waals surface area (Å²) in [6.07, 6.45) is 2.68. The van der Waals surface area contributed by atoms with E-state index in [9.17, 15) is 4.79 Å². The van der Waals surface area contributed by atoms with Gasteiger partial charge in [-0.05, 0) is 19.1 Å². The van der Waals surface area contributed by atoms with Gasteiger partial charge in [0.15, 0.2) is 6.10 Å². The summed E-state index contributed by atoms with van der Waals surface area (Å²) in [5.74, 6) is -0.967. The monoisotopic (exact) mass is 246 g/mol. The Morgan fingerprint density at radius 3 is 2.83 bits per heavy atom. The summed E-state index contributed by atoms with van der Waals surface area (Å²) in [5.41, 5.74) is 1.79. The summed E-state index contributed by atoms with van der Waals surface area (Å²) in [6.45, 7) is 1.74. The fraction of sp³-hybridized carbons (Fsp3) is 0.231. The van der Waals surface area contributed by atoms with Crippen LogP contribution in [0.2, 0.25) is 0 Å². The second-order valence-electron chi connectivity index (χ2n) is 3.92. The Balaban J connectivity index is 2.01. The molecule has 5 heteroatoms. The molecule has 0 radical (unpaired) electrons. The predicted octanol–water partition coefficient (Wildman–Crippen LogP) is 1.86. The van der Waals surface area contributed by atoms with Gasteiger partial charge in [-0.1, -0.05) is 18.2 Å². The van der Waals surface area contributed by atoms with Gasteiger partial charge in [0, 0.05) is 11.8 Å². The minimum absolute atomic E-state index is 0.236. The van der Waals surface area contributed by atoms with Crippen LogP contribution in [0, 0.1) is 0 Å². The van der Waals surface area contributed by atoms with Crippen molar-refractivity contribution in [2.75, 3.05) is 0 Å². The number of carboxylic acid groups (broad SMARTS) is 1. The standard InChI is InChI=1S/C13H14N2O3/c1-10(13(16)17)18-9-11-7-14-15(8-11)12-5-3-2-4-6-12/h2-8,10H,9H2,1H3,(H,16,17)/t10-/m0/s1. The van der Waals surface area contributed by atoms with Crippen LogP contribution >= 0.6 is 0 Å². The lowest BCUT2D eigenvalue weighted by Gasteiger charge is -2.06. The number of nitrogens with zero attached hydrogens (tertiary/aromatic N) is 2. The average Bonchev–Trinajstić information content (AvgIpc) is 2.85. The highest BCUT2D eigenvalue weighted by Crippen LogP contribution is 2.09. The Morgan fingerprint density at radius 1 is 1.44 bits per heavy atom. The molecule has 0 saturated carbocycles. The zero-order chi connectivity index (χ0) is 13.0. The van der Waals surface area contributed by atoms with E-state index in [-0.39, 0.29) is 6.61 Å². The number of aromatic nitrogens is 2. The van der Waals surface area contributed by atoms with Crippen molar-refractivity contribution in [2.24, 2.45) is 0 Å². The van der Waals surface area contributed by atoms with Crippen LogP contribution in [0.3, 0.4) is 0 Å². The molecule has 94 valence electrons. The van der Waals surface area contributed by atoms with Crippen molar-refractivity contribution < 1.29 is 14.6 Å². The first-order chi connectivity index (χ1) is 8.66. The number of aliphatic carboxylic acids is 1. The van der Waals surface area contributed by atoms with Gasteiger partial charge in [-0.3, -0.25) is 0 Å². The molecule has 0 aliphatic rings. The Bertz CT molecular complexity index is 522. The summed E-state index contributed by atoms with van der Waals surface area (Å²) in [6, 6.07) is 9.68. The SMILES string of the molecule is C[C@H](OCc1cnn(-c2ccccc2)c1)C(=O)O. The third-order valence-corrected chi connectivity index (χ3v) is 2.50. The molecule has 0 aliphatic carbocycles. The minimum Gasteiger partial charge on any atom is -0.479 e. The van der Waals surface area contributed by atoms with Crippen LogP contribution in [0.1, 0.15) is 12.5 Å². The van der Waals surface area contributed by atoms with Crippen LogP contribution < -0.4 is 0 Å². The lowest BCUT2D eigenvalue weighted by atomic mass is 10.3. The Morgan fingerprint density at radius 2 is 2.17 bits per heavy atom. The largest absolute Gasteiger partial charge is 0.479 e. The minimum atomic E-state index is -0.967. The van der Waals surface area contributed by atoms with Crippen molar-refractivity contribution >= 4 is 5.97 Å². The summed E-state index contributed by atoms with van der Waals surface area (Å²) in [5, 5.41) is 12.9. The van der Waals surface area contributed by atoms with E-state index in [2.05, 4.69) is 5.10 Å². The maximum atomic E-state index is 10.6. The molecule has 0 saturated heterocycles. The molecule has 0 amide bonds.